The van der Waals surface area contributed by atoms with E-state index in [1.165, 1.54) is 0 Å². The molecule has 0 fully saturated rings. The summed E-state index contributed by atoms with van der Waals surface area (Å²) in [7, 11) is 2.33. The lowest BCUT2D eigenvalue weighted by Crippen LogP contribution is -2.10. The molecule has 0 atom stereocenters. The maximum absolute atomic E-state index is 12.1. The lowest BCUT2D eigenvalue weighted by atomic mass is 10.1. The zero-order valence-corrected chi connectivity index (χ0v) is 14.2. The van der Waals surface area contributed by atoms with Gasteiger partial charge < -0.3 is 14.6 Å². The van der Waals surface area contributed by atoms with E-state index in [1.54, 1.807) is 32.2 Å². The number of hydrogen-bond donors (Lipinski definition) is 1. The number of ether oxygens (including phenoxy) is 1. The van der Waals surface area contributed by atoms with E-state index in [0.717, 1.165) is 23.5 Å². The molecule has 6 heteroatoms. The summed E-state index contributed by atoms with van der Waals surface area (Å²) in [6.07, 6.45) is 0. The minimum Gasteiger partial charge on any atom is -0.496 e. The Morgan fingerprint density at radius 1 is 1.18 bits per heavy atom. The molecule has 120 valence electrons. The third kappa shape index (κ3) is 3.51. The van der Waals surface area contributed by atoms with Gasteiger partial charge in [-0.2, -0.15) is 0 Å². The molecule has 5 nitrogen and oxygen atoms in total. The highest BCUT2D eigenvalue weighted by molar-refractivity contribution is 7.91. The minimum atomic E-state index is -3.24. The van der Waals surface area contributed by atoms with E-state index in [2.05, 4.69) is 9.88 Å². The highest BCUT2D eigenvalue weighted by atomic mass is 32.2. The van der Waals surface area contributed by atoms with Crippen molar-refractivity contribution in [2.24, 2.45) is 0 Å². The topological polar surface area (TPSA) is 62.4 Å². The number of hydrogen-bond acceptors (Lipinski definition) is 4. The minimum absolute atomic E-state index is 0.0787. The normalized spacial score (nSPS) is 11.9. The second-order valence-electron chi connectivity index (χ2n) is 5.40. The molecule has 0 bridgehead atoms. The van der Waals surface area contributed by atoms with Crippen molar-refractivity contribution in [3.05, 3.63) is 36.0 Å². The van der Waals surface area contributed by atoms with Gasteiger partial charge in [0.05, 0.1) is 17.8 Å². The van der Waals surface area contributed by atoms with Gasteiger partial charge in [-0.15, -0.1) is 0 Å². The van der Waals surface area contributed by atoms with Crippen LogP contribution in [0.3, 0.4) is 0 Å². The quantitative estimate of drug-likeness (QED) is 0.888. The molecule has 0 radical (unpaired) electrons. The fraction of sp³-hybridized carbons (Fsp3) is 0.375. The molecule has 1 aromatic carbocycles. The third-order valence-electron chi connectivity index (χ3n) is 3.43. The molecular formula is C16H22N2O3S. The summed E-state index contributed by atoms with van der Waals surface area (Å²) in [6, 6.07) is 8.90. The highest BCUT2D eigenvalue weighted by Gasteiger charge is 2.16. The number of benzene rings is 1. The number of rotatable bonds is 6. The maximum atomic E-state index is 12.1. The molecule has 0 amide bonds. The van der Waals surface area contributed by atoms with Gasteiger partial charge in [0.15, 0.2) is 9.84 Å². The highest BCUT2D eigenvalue weighted by Crippen LogP contribution is 2.32. The summed E-state index contributed by atoms with van der Waals surface area (Å²) >= 11 is 0. The number of sulfone groups is 1. The average Bonchev–Trinajstić information content (AvgIpc) is 2.94. The van der Waals surface area contributed by atoms with E-state index in [1.807, 2.05) is 26.2 Å². The van der Waals surface area contributed by atoms with Crippen LogP contribution in [0.25, 0.3) is 11.3 Å². The van der Waals surface area contributed by atoms with Crippen LogP contribution in [0.15, 0.2) is 35.2 Å². The Kier molecular flexibility index (Phi) is 4.93. The van der Waals surface area contributed by atoms with E-state index in [9.17, 15) is 8.42 Å². The predicted molar refractivity (Wildman–Crippen MR) is 87.9 cm³/mol. The smallest absolute Gasteiger partial charge is 0.178 e. The van der Waals surface area contributed by atoms with Crippen molar-refractivity contribution in [1.82, 2.24) is 9.88 Å². The SMILES string of the molecule is CCS(=O)(=O)c1ccc(OC)c(-c2ccc(CN(C)C)[nH]2)c1. The van der Waals surface area contributed by atoms with Crippen molar-refractivity contribution in [1.29, 1.82) is 0 Å². The maximum Gasteiger partial charge on any atom is 0.178 e. The summed E-state index contributed by atoms with van der Waals surface area (Å²) < 4.78 is 29.5. The van der Waals surface area contributed by atoms with Gasteiger partial charge in [-0.25, -0.2) is 8.42 Å². The van der Waals surface area contributed by atoms with Gasteiger partial charge in [-0.1, -0.05) is 6.92 Å². The molecule has 22 heavy (non-hydrogen) atoms. The molecule has 1 N–H and O–H groups in total. The van der Waals surface area contributed by atoms with Crippen LogP contribution < -0.4 is 4.74 Å². The molecule has 1 heterocycles. The standard InChI is InChI=1S/C16H22N2O3S/c1-5-22(19,20)13-7-9-16(21-4)14(10-13)15-8-6-12(17-15)11-18(2)3/h6-10,17H,5,11H2,1-4H3. The van der Waals surface area contributed by atoms with E-state index < -0.39 is 9.84 Å². The van der Waals surface area contributed by atoms with Crippen molar-refractivity contribution in [2.45, 2.75) is 18.4 Å². The lowest BCUT2D eigenvalue weighted by molar-refractivity contribution is 0.398. The van der Waals surface area contributed by atoms with Gasteiger partial charge in [0.25, 0.3) is 0 Å². The fourth-order valence-corrected chi connectivity index (χ4v) is 3.19. The van der Waals surface area contributed by atoms with Gasteiger partial charge >= 0.3 is 0 Å². The molecule has 0 saturated carbocycles. The van der Waals surface area contributed by atoms with Gasteiger partial charge in [0.2, 0.25) is 0 Å². The van der Waals surface area contributed by atoms with Crippen molar-refractivity contribution in [3.63, 3.8) is 0 Å². The van der Waals surface area contributed by atoms with E-state index in [-0.39, 0.29) is 5.75 Å². The van der Waals surface area contributed by atoms with Crippen LogP contribution in [0.1, 0.15) is 12.6 Å². The first-order chi connectivity index (χ1) is 10.4. The van der Waals surface area contributed by atoms with E-state index in [4.69, 9.17) is 4.74 Å². The number of nitrogens with one attached hydrogen (secondary N) is 1. The number of methoxy groups -OCH3 is 1. The first-order valence-electron chi connectivity index (χ1n) is 7.11. The van der Waals surface area contributed by atoms with Gasteiger partial charge in [0, 0.05) is 23.5 Å². The molecule has 0 spiro atoms. The predicted octanol–water partition coefficient (Wildman–Crippen LogP) is 2.55. The average molecular weight is 322 g/mol. The van der Waals surface area contributed by atoms with E-state index >= 15 is 0 Å². The van der Waals surface area contributed by atoms with Gasteiger partial charge in [0.1, 0.15) is 5.75 Å². The molecule has 0 aliphatic carbocycles. The summed E-state index contributed by atoms with van der Waals surface area (Å²) in [6.45, 7) is 2.43. The number of nitrogens with zero attached hydrogens (tertiary/aromatic N) is 1. The van der Waals surface area contributed by atoms with Crippen LogP contribution in [-0.4, -0.2) is 45.3 Å². The Hall–Kier alpha value is -1.79. The van der Waals surface area contributed by atoms with Crippen LogP contribution in [0.5, 0.6) is 5.75 Å². The Morgan fingerprint density at radius 3 is 2.50 bits per heavy atom. The Morgan fingerprint density at radius 2 is 1.91 bits per heavy atom. The second-order valence-corrected chi connectivity index (χ2v) is 7.68. The summed E-state index contributed by atoms with van der Waals surface area (Å²) in [4.78, 5) is 5.69. The van der Waals surface area contributed by atoms with Crippen molar-refractivity contribution in [3.8, 4) is 17.0 Å². The van der Waals surface area contributed by atoms with Crippen LogP contribution in [0.4, 0.5) is 0 Å². The second kappa shape index (κ2) is 6.54. The Labute approximate surface area is 131 Å². The van der Waals surface area contributed by atoms with Crippen LogP contribution in [0.2, 0.25) is 0 Å². The summed E-state index contributed by atoms with van der Waals surface area (Å²) in [5.74, 6) is 0.725. The van der Waals surface area contributed by atoms with Crippen LogP contribution >= 0.6 is 0 Å². The number of H-pyrrole nitrogens is 1. The van der Waals surface area contributed by atoms with Crippen LogP contribution in [-0.2, 0) is 16.4 Å². The van der Waals surface area contributed by atoms with Crippen molar-refractivity contribution in [2.75, 3.05) is 27.0 Å². The first-order valence-corrected chi connectivity index (χ1v) is 8.76. The number of aromatic nitrogens is 1. The monoisotopic (exact) mass is 322 g/mol. The third-order valence-corrected chi connectivity index (χ3v) is 5.17. The van der Waals surface area contributed by atoms with Gasteiger partial charge in [-0.3, -0.25) is 0 Å². The largest absolute Gasteiger partial charge is 0.496 e. The lowest BCUT2D eigenvalue weighted by Gasteiger charge is -2.10. The molecule has 1 aromatic heterocycles. The zero-order chi connectivity index (χ0) is 16.3. The molecule has 0 aliphatic heterocycles. The Bertz CT molecular complexity index is 749. The van der Waals surface area contributed by atoms with Gasteiger partial charge in [-0.05, 0) is 44.4 Å². The zero-order valence-electron chi connectivity index (χ0n) is 13.4. The van der Waals surface area contributed by atoms with E-state index in [0.29, 0.717) is 10.6 Å². The Balaban J connectivity index is 2.48. The summed E-state index contributed by atoms with van der Waals surface area (Å²) in [5, 5.41) is 0. The van der Waals surface area contributed by atoms with Crippen molar-refractivity contribution < 1.29 is 13.2 Å². The molecule has 0 aliphatic rings. The molecule has 0 saturated heterocycles. The molecule has 0 unspecified atom stereocenters. The molecule has 2 aromatic rings. The first kappa shape index (κ1) is 16.6. The summed E-state index contributed by atoms with van der Waals surface area (Å²) in [5.41, 5.74) is 2.66. The fourth-order valence-electron chi connectivity index (χ4n) is 2.29. The number of aromatic amines is 1. The van der Waals surface area contributed by atoms with Crippen molar-refractivity contribution >= 4 is 9.84 Å². The van der Waals surface area contributed by atoms with Crippen LogP contribution in [0, 0.1) is 0 Å². The molecule has 2 rings (SSSR count). The molecular weight excluding hydrogens is 300 g/mol.